The lowest BCUT2D eigenvalue weighted by Crippen LogP contribution is -2.55. The van der Waals surface area contributed by atoms with E-state index in [0.717, 1.165) is 45.1 Å². The van der Waals surface area contributed by atoms with Crippen LogP contribution < -0.4 is 11.1 Å². The topological polar surface area (TPSA) is 64.4 Å². The summed E-state index contributed by atoms with van der Waals surface area (Å²) in [5, 5.41) is 3.09. The van der Waals surface area contributed by atoms with Crippen LogP contribution >= 0.6 is 0 Å². The zero-order valence-corrected chi connectivity index (χ0v) is 10.00. The molecule has 4 nitrogen and oxygen atoms in total. The number of ether oxygens (including phenoxy) is 1. The Hall–Kier alpha value is -0.610. The van der Waals surface area contributed by atoms with Gasteiger partial charge in [-0.2, -0.15) is 0 Å². The molecule has 2 unspecified atom stereocenters. The fourth-order valence-electron chi connectivity index (χ4n) is 2.69. The van der Waals surface area contributed by atoms with Crippen molar-refractivity contribution in [2.75, 3.05) is 6.61 Å². The summed E-state index contributed by atoms with van der Waals surface area (Å²) < 4.78 is 5.46. The number of hydrogen-bond donors (Lipinski definition) is 2. The van der Waals surface area contributed by atoms with Gasteiger partial charge in [-0.15, -0.1) is 0 Å². The van der Waals surface area contributed by atoms with Crippen molar-refractivity contribution in [1.82, 2.24) is 5.32 Å². The second kappa shape index (κ2) is 4.72. The van der Waals surface area contributed by atoms with E-state index in [0.29, 0.717) is 0 Å². The summed E-state index contributed by atoms with van der Waals surface area (Å²) in [4.78, 5) is 12.1. The molecule has 2 aliphatic rings. The molecule has 1 heterocycles. The maximum absolute atomic E-state index is 12.1. The van der Waals surface area contributed by atoms with Gasteiger partial charge in [-0.25, -0.2) is 0 Å². The first-order valence-corrected chi connectivity index (χ1v) is 6.32. The van der Waals surface area contributed by atoms with E-state index in [1.54, 1.807) is 0 Å². The molecule has 92 valence electrons. The first-order chi connectivity index (χ1) is 7.60. The molecule has 0 aromatic rings. The van der Waals surface area contributed by atoms with E-state index in [1.807, 2.05) is 6.92 Å². The SMILES string of the molecule is CC1CC(NC(=O)C2(N)CCCC2)CCO1. The zero-order chi connectivity index (χ0) is 11.6. The van der Waals surface area contributed by atoms with Crippen molar-refractivity contribution < 1.29 is 9.53 Å². The number of hydrogen-bond acceptors (Lipinski definition) is 3. The Morgan fingerprint density at radius 1 is 1.44 bits per heavy atom. The molecule has 2 rings (SSSR count). The van der Waals surface area contributed by atoms with Crippen LogP contribution in [0.2, 0.25) is 0 Å². The molecule has 2 atom stereocenters. The molecule has 4 heteroatoms. The average Bonchev–Trinajstić information content (AvgIpc) is 2.66. The van der Waals surface area contributed by atoms with Crippen LogP contribution in [0.3, 0.4) is 0 Å². The summed E-state index contributed by atoms with van der Waals surface area (Å²) in [6.45, 7) is 2.79. The minimum absolute atomic E-state index is 0.0455. The third-order valence-electron chi connectivity index (χ3n) is 3.77. The van der Waals surface area contributed by atoms with Crippen LogP contribution in [0.5, 0.6) is 0 Å². The van der Waals surface area contributed by atoms with Crippen LogP contribution in [-0.2, 0) is 9.53 Å². The average molecular weight is 226 g/mol. The minimum Gasteiger partial charge on any atom is -0.378 e. The lowest BCUT2D eigenvalue weighted by Gasteiger charge is -2.31. The predicted molar refractivity (Wildman–Crippen MR) is 62.0 cm³/mol. The van der Waals surface area contributed by atoms with Crippen LogP contribution in [0, 0.1) is 0 Å². The van der Waals surface area contributed by atoms with E-state index in [-0.39, 0.29) is 18.1 Å². The number of carbonyl (C=O) groups is 1. The van der Waals surface area contributed by atoms with Gasteiger partial charge in [0, 0.05) is 12.6 Å². The highest BCUT2D eigenvalue weighted by Gasteiger charge is 2.38. The monoisotopic (exact) mass is 226 g/mol. The Balaban J connectivity index is 1.86. The van der Waals surface area contributed by atoms with E-state index >= 15 is 0 Å². The Labute approximate surface area is 96.9 Å². The maximum Gasteiger partial charge on any atom is 0.240 e. The molecule has 1 aliphatic carbocycles. The van der Waals surface area contributed by atoms with Gasteiger partial charge >= 0.3 is 0 Å². The molecular weight excluding hydrogens is 204 g/mol. The summed E-state index contributed by atoms with van der Waals surface area (Å²) in [5.74, 6) is 0.0455. The highest BCUT2D eigenvalue weighted by Crippen LogP contribution is 2.27. The lowest BCUT2D eigenvalue weighted by atomic mass is 9.96. The van der Waals surface area contributed by atoms with E-state index in [4.69, 9.17) is 10.5 Å². The van der Waals surface area contributed by atoms with Crippen LogP contribution in [-0.4, -0.2) is 30.2 Å². The summed E-state index contributed by atoms with van der Waals surface area (Å²) in [6.07, 6.45) is 5.88. The van der Waals surface area contributed by atoms with Gasteiger partial charge in [0.1, 0.15) is 0 Å². The predicted octanol–water partition coefficient (Wildman–Crippen LogP) is 0.942. The standard InChI is InChI=1S/C12H22N2O2/c1-9-8-10(4-7-16-9)14-11(15)12(13)5-2-3-6-12/h9-10H,2-8,13H2,1H3,(H,14,15). The summed E-state index contributed by atoms with van der Waals surface area (Å²) in [5.41, 5.74) is 5.52. The second-order valence-electron chi connectivity index (χ2n) is 5.24. The van der Waals surface area contributed by atoms with Crippen molar-refractivity contribution in [3.05, 3.63) is 0 Å². The van der Waals surface area contributed by atoms with Gasteiger partial charge in [-0.05, 0) is 32.6 Å². The van der Waals surface area contributed by atoms with E-state index in [2.05, 4.69) is 5.32 Å². The van der Waals surface area contributed by atoms with Gasteiger partial charge in [0.05, 0.1) is 11.6 Å². The summed E-state index contributed by atoms with van der Waals surface area (Å²) in [7, 11) is 0. The van der Waals surface area contributed by atoms with E-state index in [9.17, 15) is 4.79 Å². The van der Waals surface area contributed by atoms with Crippen LogP contribution in [0.15, 0.2) is 0 Å². The Morgan fingerprint density at radius 2 is 2.12 bits per heavy atom. The molecule has 3 N–H and O–H groups in total. The second-order valence-corrected chi connectivity index (χ2v) is 5.24. The molecule has 1 amide bonds. The number of nitrogens with one attached hydrogen (secondary N) is 1. The third kappa shape index (κ3) is 2.55. The summed E-state index contributed by atoms with van der Waals surface area (Å²) >= 11 is 0. The Morgan fingerprint density at radius 3 is 2.75 bits per heavy atom. The van der Waals surface area contributed by atoms with Crippen molar-refractivity contribution in [1.29, 1.82) is 0 Å². The molecule has 1 saturated carbocycles. The van der Waals surface area contributed by atoms with Crippen molar-refractivity contribution in [2.45, 2.75) is 63.1 Å². The number of nitrogens with two attached hydrogens (primary N) is 1. The van der Waals surface area contributed by atoms with Crippen molar-refractivity contribution in [2.24, 2.45) is 5.73 Å². The maximum atomic E-state index is 12.1. The van der Waals surface area contributed by atoms with E-state index < -0.39 is 5.54 Å². The molecule has 16 heavy (non-hydrogen) atoms. The number of amides is 1. The molecule has 0 spiro atoms. The largest absolute Gasteiger partial charge is 0.378 e. The van der Waals surface area contributed by atoms with Crippen LogP contribution in [0.4, 0.5) is 0 Å². The Bertz CT molecular complexity index is 262. The molecule has 0 bridgehead atoms. The highest BCUT2D eigenvalue weighted by molar-refractivity contribution is 5.86. The van der Waals surface area contributed by atoms with Crippen molar-refractivity contribution >= 4 is 5.91 Å². The molecular formula is C12H22N2O2. The van der Waals surface area contributed by atoms with Gasteiger partial charge in [0.15, 0.2) is 0 Å². The molecule has 1 aliphatic heterocycles. The molecule has 0 radical (unpaired) electrons. The smallest absolute Gasteiger partial charge is 0.240 e. The third-order valence-corrected chi connectivity index (χ3v) is 3.77. The highest BCUT2D eigenvalue weighted by atomic mass is 16.5. The molecule has 0 aromatic carbocycles. The first kappa shape index (κ1) is 11.9. The van der Waals surface area contributed by atoms with Gasteiger partial charge in [0.25, 0.3) is 0 Å². The van der Waals surface area contributed by atoms with E-state index in [1.165, 1.54) is 0 Å². The minimum atomic E-state index is -0.596. The van der Waals surface area contributed by atoms with Crippen molar-refractivity contribution in [3.8, 4) is 0 Å². The molecule has 1 saturated heterocycles. The number of carbonyl (C=O) groups excluding carboxylic acids is 1. The zero-order valence-electron chi connectivity index (χ0n) is 10.00. The van der Waals surface area contributed by atoms with Gasteiger partial charge in [-0.3, -0.25) is 4.79 Å². The fraction of sp³-hybridized carbons (Fsp3) is 0.917. The van der Waals surface area contributed by atoms with Crippen LogP contribution in [0.25, 0.3) is 0 Å². The molecule has 2 fully saturated rings. The van der Waals surface area contributed by atoms with Crippen molar-refractivity contribution in [3.63, 3.8) is 0 Å². The number of rotatable bonds is 2. The van der Waals surface area contributed by atoms with Gasteiger partial charge < -0.3 is 15.8 Å². The lowest BCUT2D eigenvalue weighted by molar-refractivity contribution is -0.127. The quantitative estimate of drug-likeness (QED) is 0.736. The normalized spacial score (nSPS) is 33.6. The van der Waals surface area contributed by atoms with Crippen LogP contribution in [0.1, 0.15) is 45.4 Å². The van der Waals surface area contributed by atoms with Gasteiger partial charge in [0.2, 0.25) is 5.91 Å². The van der Waals surface area contributed by atoms with Gasteiger partial charge in [-0.1, -0.05) is 12.8 Å². The Kier molecular flexibility index (Phi) is 3.50. The molecule has 0 aromatic heterocycles. The first-order valence-electron chi connectivity index (χ1n) is 6.32. The fourth-order valence-corrected chi connectivity index (χ4v) is 2.69. The summed E-state index contributed by atoms with van der Waals surface area (Å²) in [6, 6.07) is 0.247.